The van der Waals surface area contributed by atoms with Gasteiger partial charge in [-0.2, -0.15) is 4.31 Å². The van der Waals surface area contributed by atoms with Crippen molar-refractivity contribution in [2.75, 3.05) is 27.0 Å². The van der Waals surface area contributed by atoms with E-state index in [4.69, 9.17) is 9.47 Å². The number of aromatic nitrogens is 1. The minimum atomic E-state index is -3.53. The first kappa shape index (κ1) is 19.9. The SMILES string of the molecule is COCOc1ccc(-c2cccc3[nH]c(S(=O)(=O)N4CCCCC4)c(C)c23)cc1. The molecular weight excluding hydrogens is 388 g/mol. The van der Waals surface area contributed by atoms with Gasteiger partial charge in [0.15, 0.2) is 11.8 Å². The van der Waals surface area contributed by atoms with E-state index in [1.807, 2.05) is 49.4 Å². The summed E-state index contributed by atoms with van der Waals surface area (Å²) in [5, 5.41) is 1.25. The standard InChI is InChI=1S/C22H26N2O4S/c1-16-21-19(17-9-11-18(12-10-17)28-15-27-2)7-6-8-20(21)23-22(16)29(25,26)24-13-4-3-5-14-24/h6-12,23H,3-5,13-15H2,1-2H3. The van der Waals surface area contributed by atoms with Crippen LogP contribution in [0.1, 0.15) is 24.8 Å². The second kappa shape index (κ2) is 8.18. The quantitative estimate of drug-likeness (QED) is 0.611. The predicted molar refractivity (Wildman–Crippen MR) is 114 cm³/mol. The van der Waals surface area contributed by atoms with Crippen LogP contribution in [0.4, 0.5) is 0 Å². The molecule has 1 aliphatic heterocycles. The highest BCUT2D eigenvalue weighted by Gasteiger charge is 2.30. The summed E-state index contributed by atoms with van der Waals surface area (Å²) in [6.45, 7) is 3.26. The molecule has 1 aromatic heterocycles. The van der Waals surface area contributed by atoms with Gasteiger partial charge in [0.2, 0.25) is 0 Å². The van der Waals surface area contributed by atoms with Gasteiger partial charge in [0.05, 0.1) is 0 Å². The molecule has 154 valence electrons. The van der Waals surface area contributed by atoms with E-state index in [1.54, 1.807) is 11.4 Å². The van der Waals surface area contributed by atoms with Crippen molar-refractivity contribution >= 4 is 20.9 Å². The highest BCUT2D eigenvalue weighted by molar-refractivity contribution is 7.89. The van der Waals surface area contributed by atoms with E-state index in [-0.39, 0.29) is 6.79 Å². The fourth-order valence-corrected chi connectivity index (χ4v) is 5.71. The molecule has 0 saturated carbocycles. The van der Waals surface area contributed by atoms with Crippen LogP contribution in [0.5, 0.6) is 5.75 Å². The van der Waals surface area contributed by atoms with E-state index in [9.17, 15) is 8.42 Å². The van der Waals surface area contributed by atoms with Gasteiger partial charge in [-0.15, -0.1) is 0 Å². The average molecular weight is 415 g/mol. The molecule has 0 amide bonds. The van der Waals surface area contributed by atoms with Crippen molar-refractivity contribution < 1.29 is 17.9 Å². The Hall–Kier alpha value is -2.35. The van der Waals surface area contributed by atoms with Gasteiger partial charge in [-0.3, -0.25) is 0 Å². The lowest BCUT2D eigenvalue weighted by Crippen LogP contribution is -2.36. The Kier molecular flexibility index (Phi) is 5.63. The lowest BCUT2D eigenvalue weighted by Gasteiger charge is -2.25. The Morgan fingerprint density at radius 2 is 1.76 bits per heavy atom. The van der Waals surface area contributed by atoms with Crippen molar-refractivity contribution in [3.8, 4) is 16.9 Å². The summed E-state index contributed by atoms with van der Waals surface area (Å²) in [6.07, 6.45) is 2.93. The molecule has 0 radical (unpaired) electrons. The van der Waals surface area contributed by atoms with Crippen molar-refractivity contribution in [3.63, 3.8) is 0 Å². The number of sulfonamides is 1. The maximum Gasteiger partial charge on any atom is 0.258 e. The molecule has 0 atom stereocenters. The maximum absolute atomic E-state index is 13.2. The molecule has 0 aliphatic carbocycles. The highest BCUT2D eigenvalue weighted by atomic mass is 32.2. The monoisotopic (exact) mass is 414 g/mol. The number of benzene rings is 2. The van der Waals surface area contributed by atoms with Gasteiger partial charge in [-0.1, -0.05) is 30.7 Å². The lowest BCUT2D eigenvalue weighted by molar-refractivity contribution is 0.0511. The number of aromatic amines is 1. The maximum atomic E-state index is 13.2. The molecule has 6 nitrogen and oxygen atoms in total. The van der Waals surface area contributed by atoms with Crippen LogP contribution >= 0.6 is 0 Å². The normalized spacial score (nSPS) is 15.7. The van der Waals surface area contributed by atoms with E-state index in [0.717, 1.165) is 52.6 Å². The van der Waals surface area contributed by atoms with E-state index >= 15 is 0 Å². The number of hydrogen-bond donors (Lipinski definition) is 1. The first-order chi connectivity index (χ1) is 14.0. The summed E-state index contributed by atoms with van der Waals surface area (Å²) in [6, 6.07) is 13.6. The predicted octanol–water partition coefficient (Wildman–Crippen LogP) is 4.30. The van der Waals surface area contributed by atoms with E-state index in [1.165, 1.54) is 0 Å². The van der Waals surface area contributed by atoms with E-state index in [2.05, 4.69) is 4.98 Å². The first-order valence-corrected chi connectivity index (χ1v) is 11.3. The third-order valence-electron chi connectivity index (χ3n) is 5.45. The Bertz CT molecular complexity index is 1100. The van der Waals surface area contributed by atoms with Crippen molar-refractivity contribution in [3.05, 3.63) is 48.0 Å². The van der Waals surface area contributed by atoms with Crippen LogP contribution in [0, 0.1) is 6.92 Å². The summed E-state index contributed by atoms with van der Waals surface area (Å²) in [4.78, 5) is 3.18. The minimum absolute atomic E-state index is 0.198. The van der Waals surface area contributed by atoms with Crippen LogP contribution in [0.15, 0.2) is 47.5 Å². The Balaban J connectivity index is 1.76. The molecule has 0 spiro atoms. The van der Waals surface area contributed by atoms with Gasteiger partial charge in [0, 0.05) is 31.1 Å². The van der Waals surface area contributed by atoms with Crippen LogP contribution in [-0.4, -0.2) is 44.7 Å². The van der Waals surface area contributed by atoms with Gasteiger partial charge < -0.3 is 14.5 Å². The zero-order chi connectivity index (χ0) is 20.4. The molecule has 29 heavy (non-hydrogen) atoms. The van der Waals surface area contributed by atoms with E-state index in [0.29, 0.717) is 18.1 Å². The minimum Gasteiger partial charge on any atom is -0.468 e. The molecule has 1 fully saturated rings. The second-order valence-electron chi connectivity index (χ2n) is 7.35. The van der Waals surface area contributed by atoms with Gasteiger partial charge >= 0.3 is 0 Å². The molecule has 3 aromatic rings. The first-order valence-electron chi connectivity index (χ1n) is 9.86. The molecule has 0 bridgehead atoms. The molecule has 4 rings (SSSR count). The number of fused-ring (bicyclic) bond motifs is 1. The van der Waals surface area contributed by atoms with E-state index < -0.39 is 10.0 Å². The fourth-order valence-electron chi connectivity index (χ4n) is 3.98. The average Bonchev–Trinajstić information content (AvgIpc) is 3.11. The van der Waals surface area contributed by atoms with Crippen molar-refractivity contribution in [2.24, 2.45) is 0 Å². The summed E-state index contributed by atoms with van der Waals surface area (Å²) >= 11 is 0. The molecule has 1 N–H and O–H groups in total. The van der Waals surface area contributed by atoms with Gasteiger partial charge in [0.25, 0.3) is 10.0 Å². The zero-order valence-corrected chi connectivity index (χ0v) is 17.6. The number of H-pyrrole nitrogens is 1. The Labute approximate surface area is 171 Å². The third-order valence-corrected chi connectivity index (χ3v) is 7.42. The topological polar surface area (TPSA) is 71.6 Å². The summed E-state index contributed by atoms with van der Waals surface area (Å²) < 4.78 is 38.5. The number of piperidine rings is 1. The van der Waals surface area contributed by atoms with Crippen molar-refractivity contribution in [1.82, 2.24) is 9.29 Å². The third kappa shape index (κ3) is 3.77. The highest BCUT2D eigenvalue weighted by Crippen LogP contribution is 2.36. The van der Waals surface area contributed by atoms with Gasteiger partial charge in [-0.25, -0.2) is 8.42 Å². The van der Waals surface area contributed by atoms with Crippen LogP contribution in [-0.2, 0) is 14.8 Å². The molecule has 2 heterocycles. The smallest absolute Gasteiger partial charge is 0.258 e. The molecule has 1 saturated heterocycles. The van der Waals surface area contributed by atoms with Crippen LogP contribution in [0.3, 0.4) is 0 Å². The molecular formula is C22H26N2O4S. The van der Waals surface area contributed by atoms with Crippen LogP contribution in [0.2, 0.25) is 0 Å². The molecule has 2 aromatic carbocycles. The fraction of sp³-hybridized carbons (Fsp3) is 0.364. The number of rotatable bonds is 6. The number of nitrogens with zero attached hydrogens (tertiary/aromatic N) is 1. The number of nitrogens with one attached hydrogen (secondary N) is 1. The van der Waals surface area contributed by atoms with Gasteiger partial charge in [-0.05, 0) is 54.7 Å². The second-order valence-corrected chi connectivity index (χ2v) is 9.22. The number of methoxy groups -OCH3 is 1. The molecule has 0 unspecified atom stereocenters. The molecule has 7 heteroatoms. The molecule has 1 aliphatic rings. The van der Waals surface area contributed by atoms with Crippen LogP contribution in [0.25, 0.3) is 22.0 Å². The summed E-state index contributed by atoms with van der Waals surface area (Å²) in [7, 11) is -1.94. The number of aryl methyl sites for hydroxylation is 1. The summed E-state index contributed by atoms with van der Waals surface area (Å²) in [5.74, 6) is 0.724. The van der Waals surface area contributed by atoms with Crippen molar-refractivity contribution in [2.45, 2.75) is 31.2 Å². The summed E-state index contributed by atoms with van der Waals surface area (Å²) in [5.41, 5.74) is 3.59. The number of ether oxygens (including phenoxy) is 2. The Morgan fingerprint density at radius 3 is 2.45 bits per heavy atom. The Morgan fingerprint density at radius 1 is 1.03 bits per heavy atom. The lowest BCUT2D eigenvalue weighted by atomic mass is 9.99. The zero-order valence-electron chi connectivity index (χ0n) is 16.8. The van der Waals surface area contributed by atoms with Crippen molar-refractivity contribution in [1.29, 1.82) is 0 Å². The largest absolute Gasteiger partial charge is 0.468 e. The van der Waals surface area contributed by atoms with Crippen LogP contribution < -0.4 is 4.74 Å². The van der Waals surface area contributed by atoms with Gasteiger partial charge in [0.1, 0.15) is 5.75 Å². The number of hydrogen-bond acceptors (Lipinski definition) is 4.